The molecule has 0 aliphatic heterocycles. The second kappa shape index (κ2) is 7.04. The Hall–Kier alpha value is -1.51. The third-order valence-electron chi connectivity index (χ3n) is 3.14. The van der Waals surface area contributed by atoms with Crippen LogP contribution in [0.15, 0.2) is 24.3 Å². The lowest BCUT2D eigenvalue weighted by atomic mass is 10.0. The smallest absolute Gasteiger partial charge is 0.317 e. The molecule has 1 aromatic carbocycles. The molecule has 0 aliphatic carbocycles. The van der Waals surface area contributed by atoms with E-state index in [1.165, 1.54) is 5.56 Å². The van der Waals surface area contributed by atoms with Crippen LogP contribution >= 0.6 is 0 Å². The summed E-state index contributed by atoms with van der Waals surface area (Å²) in [5, 5.41) is 2.94. The van der Waals surface area contributed by atoms with E-state index < -0.39 is 0 Å². The lowest BCUT2D eigenvalue weighted by molar-refractivity contribution is 0.203. The van der Waals surface area contributed by atoms with Gasteiger partial charge in [0.1, 0.15) is 0 Å². The van der Waals surface area contributed by atoms with Crippen LogP contribution in [0.4, 0.5) is 4.79 Å². The molecule has 0 heterocycles. The van der Waals surface area contributed by atoms with Gasteiger partial charge >= 0.3 is 6.03 Å². The number of urea groups is 1. The summed E-state index contributed by atoms with van der Waals surface area (Å²) in [7, 11) is 0. The number of carbonyl (C=O) groups excluding carboxylic acids is 1. The highest BCUT2D eigenvalue weighted by atomic mass is 16.2. The van der Waals surface area contributed by atoms with Crippen molar-refractivity contribution in [1.29, 1.82) is 0 Å². The Morgan fingerprint density at radius 3 is 2.17 bits per heavy atom. The minimum Gasteiger partial charge on any atom is -0.334 e. The van der Waals surface area contributed by atoms with E-state index in [4.69, 9.17) is 0 Å². The van der Waals surface area contributed by atoms with Gasteiger partial charge in [-0.1, -0.05) is 38.1 Å². The number of hydrogen-bond donors (Lipinski definition) is 1. The van der Waals surface area contributed by atoms with Gasteiger partial charge in [0, 0.05) is 19.6 Å². The van der Waals surface area contributed by atoms with Gasteiger partial charge in [-0.2, -0.15) is 0 Å². The van der Waals surface area contributed by atoms with Crippen LogP contribution in [0.1, 0.15) is 44.7 Å². The molecular formula is C15H24N2O. The maximum Gasteiger partial charge on any atom is 0.317 e. The second-order valence-electron chi connectivity index (χ2n) is 4.73. The second-order valence-corrected chi connectivity index (χ2v) is 4.73. The van der Waals surface area contributed by atoms with Crippen molar-refractivity contribution in [2.24, 2.45) is 0 Å². The SMILES string of the molecule is CCN(CC)C(=O)NCc1ccc(C(C)C)cc1. The molecule has 0 aliphatic rings. The highest BCUT2D eigenvalue weighted by Gasteiger charge is 2.08. The van der Waals surface area contributed by atoms with Crippen molar-refractivity contribution in [1.82, 2.24) is 10.2 Å². The molecule has 1 N–H and O–H groups in total. The molecule has 0 saturated carbocycles. The van der Waals surface area contributed by atoms with Crippen LogP contribution in [0.2, 0.25) is 0 Å². The normalized spacial score (nSPS) is 10.5. The molecule has 0 radical (unpaired) electrons. The van der Waals surface area contributed by atoms with Crippen LogP contribution in [0.5, 0.6) is 0 Å². The van der Waals surface area contributed by atoms with Gasteiger partial charge in [-0.25, -0.2) is 4.79 Å². The number of rotatable bonds is 5. The zero-order valence-electron chi connectivity index (χ0n) is 11.9. The average Bonchev–Trinajstić information content (AvgIpc) is 2.38. The Kier molecular flexibility index (Phi) is 5.69. The Balaban J connectivity index is 2.51. The summed E-state index contributed by atoms with van der Waals surface area (Å²) in [4.78, 5) is 13.5. The van der Waals surface area contributed by atoms with E-state index in [2.05, 4.69) is 43.4 Å². The molecular weight excluding hydrogens is 224 g/mol. The zero-order valence-corrected chi connectivity index (χ0v) is 11.9. The van der Waals surface area contributed by atoms with Crippen LogP contribution in [-0.2, 0) is 6.54 Å². The lowest BCUT2D eigenvalue weighted by Crippen LogP contribution is -2.39. The van der Waals surface area contributed by atoms with Crippen molar-refractivity contribution >= 4 is 6.03 Å². The summed E-state index contributed by atoms with van der Waals surface area (Å²) in [5.74, 6) is 0.546. The first-order valence-corrected chi connectivity index (χ1v) is 6.70. The Morgan fingerprint density at radius 2 is 1.72 bits per heavy atom. The summed E-state index contributed by atoms with van der Waals surface area (Å²) < 4.78 is 0. The minimum atomic E-state index is 0.00735. The van der Waals surface area contributed by atoms with Gasteiger partial charge < -0.3 is 10.2 Å². The standard InChI is InChI=1S/C15H24N2O/c1-5-17(6-2)15(18)16-11-13-7-9-14(10-8-13)12(3)4/h7-10,12H,5-6,11H2,1-4H3,(H,16,18). The van der Waals surface area contributed by atoms with Crippen LogP contribution < -0.4 is 5.32 Å². The van der Waals surface area contributed by atoms with E-state index in [0.717, 1.165) is 18.7 Å². The predicted molar refractivity (Wildman–Crippen MR) is 75.7 cm³/mol. The number of nitrogens with one attached hydrogen (secondary N) is 1. The molecule has 0 unspecified atom stereocenters. The summed E-state index contributed by atoms with van der Waals surface area (Å²) in [6, 6.07) is 8.43. The van der Waals surface area contributed by atoms with Crippen LogP contribution in [-0.4, -0.2) is 24.0 Å². The van der Waals surface area contributed by atoms with Crippen LogP contribution in [0.3, 0.4) is 0 Å². The quantitative estimate of drug-likeness (QED) is 0.851. The monoisotopic (exact) mass is 248 g/mol. The first-order chi connectivity index (χ1) is 8.58. The van der Waals surface area contributed by atoms with Crippen molar-refractivity contribution in [3.63, 3.8) is 0 Å². The van der Waals surface area contributed by atoms with Gasteiger partial charge in [-0.3, -0.25) is 0 Å². The molecule has 1 aromatic rings. The first-order valence-electron chi connectivity index (χ1n) is 6.70. The van der Waals surface area contributed by atoms with Crippen molar-refractivity contribution in [2.45, 2.75) is 40.2 Å². The van der Waals surface area contributed by atoms with Crippen LogP contribution in [0.25, 0.3) is 0 Å². The molecule has 2 amide bonds. The highest BCUT2D eigenvalue weighted by molar-refractivity contribution is 5.74. The molecule has 0 aromatic heterocycles. The topological polar surface area (TPSA) is 32.3 Å². The molecule has 0 fully saturated rings. The zero-order chi connectivity index (χ0) is 13.5. The van der Waals surface area contributed by atoms with Gasteiger partial charge in [-0.05, 0) is 30.9 Å². The molecule has 3 nitrogen and oxygen atoms in total. The maximum atomic E-state index is 11.8. The average molecular weight is 248 g/mol. The molecule has 3 heteroatoms. The number of nitrogens with zero attached hydrogens (tertiary/aromatic N) is 1. The van der Waals surface area contributed by atoms with E-state index in [-0.39, 0.29) is 6.03 Å². The third kappa shape index (κ3) is 4.06. The first kappa shape index (κ1) is 14.6. The minimum absolute atomic E-state index is 0.00735. The molecule has 18 heavy (non-hydrogen) atoms. The van der Waals surface area contributed by atoms with Gasteiger partial charge in [0.15, 0.2) is 0 Å². The van der Waals surface area contributed by atoms with E-state index >= 15 is 0 Å². The number of hydrogen-bond acceptors (Lipinski definition) is 1. The van der Waals surface area contributed by atoms with E-state index in [0.29, 0.717) is 12.5 Å². The number of carbonyl (C=O) groups is 1. The van der Waals surface area contributed by atoms with Gasteiger partial charge in [-0.15, -0.1) is 0 Å². The van der Waals surface area contributed by atoms with E-state index in [9.17, 15) is 4.79 Å². The van der Waals surface area contributed by atoms with Gasteiger partial charge in [0.25, 0.3) is 0 Å². The largest absolute Gasteiger partial charge is 0.334 e. The van der Waals surface area contributed by atoms with Gasteiger partial charge in [0.05, 0.1) is 0 Å². The number of amides is 2. The van der Waals surface area contributed by atoms with Gasteiger partial charge in [0.2, 0.25) is 0 Å². The maximum absolute atomic E-state index is 11.8. The molecule has 0 saturated heterocycles. The Bertz CT molecular complexity index is 367. The van der Waals surface area contributed by atoms with E-state index in [1.54, 1.807) is 4.90 Å². The summed E-state index contributed by atoms with van der Waals surface area (Å²) in [5.41, 5.74) is 2.47. The number of benzene rings is 1. The summed E-state index contributed by atoms with van der Waals surface area (Å²) >= 11 is 0. The summed E-state index contributed by atoms with van der Waals surface area (Å²) in [6.45, 7) is 10.4. The molecule has 1 rings (SSSR count). The van der Waals surface area contributed by atoms with Crippen LogP contribution in [0, 0.1) is 0 Å². The van der Waals surface area contributed by atoms with Crippen molar-refractivity contribution in [3.05, 3.63) is 35.4 Å². The van der Waals surface area contributed by atoms with Crippen molar-refractivity contribution < 1.29 is 4.79 Å². The Labute approximate surface area is 110 Å². The molecule has 100 valence electrons. The van der Waals surface area contributed by atoms with Crippen molar-refractivity contribution in [2.75, 3.05) is 13.1 Å². The Morgan fingerprint density at radius 1 is 1.17 bits per heavy atom. The molecule has 0 atom stereocenters. The predicted octanol–water partition coefficient (Wildman–Crippen LogP) is 3.36. The fourth-order valence-corrected chi connectivity index (χ4v) is 1.82. The van der Waals surface area contributed by atoms with Crippen molar-refractivity contribution in [3.8, 4) is 0 Å². The summed E-state index contributed by atoms with van der Waals surface area (Å²) in [6.07, 6.45) is 0. The molecule has 0 bridgehead atoms. The highest BCUT2D eigenvalue weighted by Crippen LogP contribution is 2.14. The fourth-order valence-electron chi connectivity index (χ4n) is 1.82. The van der Waals surface area contributed by atoms with E-state index in [1.807, 2.05) is 13.8 Å². The third-order valence-corrected chi connectivity index (χ3v) is 3.14. The molecule has 0 spiro atoms. The fraction of sp³-hybridized carbons (Fsp3) is 0.533. The lowest BCUT2D eigenvalue weighted by Gasteiger charge is -2.19.